The SMILES string of the molecule is C#Cc1ccc2c(c1)[nH]c1c2c(=O)c2cc(OCCCC)c(-c3cccc(OS(=O)(=O)F)c3)cc2n1C1CCCC1. The average Bonchev–Trinajstić information content (AvgIpc) is 3.60. The minimum atomic E-state index is -5.20. The monoisotopic (exact) mass is 572 g/mol. The molecular weight excluding hydrogens is 543 g/mol. The van der Waals surface area contributed by atoms with Crippen LogP contribution in [0, 0.1) is 12.3 Å². The van der Waals surface area contributed by atoms with Crippen molar-refractivity contribution < 1.29 is 21.2 Å². The number of aromatic amines is 1. The Morgan fingerprint density at radius 3 is 2.63 bits per heavy atom. The molecule has 1 saturated carbocycles. The van der Waals surface area contributed by atoms with Crippen molar-refractivity contribution in [3.8, 4) is 35.0 Å². The molecule has 1 N–H and O–H groups in total. The number of halogens is 1. The van der Waals surface area contributed by atoms with Crippen molar-refractivity contribution in [3.63, 3.8) is 0 Å². The highest BCUT2D eigenvalue weighted by Crippen LogP contribution is 2.40. The number of benzene rings is 3. The third-order valence-corrected chi connectivity index (χ3v) is 8.19. The molecule has 3 aromatic carbocycles. The van der Waals surface area contributed by atoms with Crippen molar-refractivity contribution in [2.24, 2.45) is 0 Å². The van der Waals surface area contributed by atoms with Crippen molar-refractivity contribution in [2.45, 2.75) is 51.5 Å². The molecular formula is C32H29FN2O5S. The van der Waals surface area contributed by atoms with Crippen LogP contribution in [-0.2, 0) is 10.5 Å². The van der Waals surface area contributed by atoms with Crippen molar-refractivity contribution in [3.05, 3.63) is 70.4 Å². The lowest BCUT2D eigenvalue weighted by Crippen LogP contribution is -2.15. The van der Waals surface area contributed by atoms with Crippen LogP contribution in [-0.4, -0.2) is 24.6 Å². The van der Waals surface area contributed by atoms with E-state index in [0.717, 1.165) is 66.2 Å². The zero-order valence-corrected chi connectivity index (χ0v) is 23.4. The number of unbranched alkanes of at least 4 members (excludes halogenated alkanes) is 1. The maximum Gasteiger partial charge on any atom is 0.488 e. The van der Waals surface area contributed by atoms with Crippen LogP contribution in [0.2, 0.25) is 0 Å². The highest BCUT2D eigenvalue weighted by atomic mass is 32.3. The predicted octanol–water partition coefficient (Wildman–Crippen LogP) is 7.17. The average molecular weight is 573 g/mol. The van der Waals surface area contributed by atoms with Crippen LogP contribution in [0.25, 0.3) is 44.0 Å². The third kappa shape index (κ3) is 5.04. The van der Waals surface area contributed by atoms with E-state index in [1.165, 1.54) is 12.1 Å². The number of nitrogens with one attached hydrogen (secondary N) is 1. The Labute approximate surface area is 237 Å². The van der Waals surface area contributed by atoms with E-state index in [4.69, 9.17) is 11.2 Å². The largest absolute Gasteiger partial charge is 0.493 e. The molecule has 210 valence electrons. The molecule has 0 saturated heterocycles. The summed E-state index contributed by atoms with van der Waals surface area (Å²) >= 11 is 0. The summed E-state index contributed by atoms with van der Waals surface area (Å²) in [4.78, 5) is 17.7. The summed E-state index contributed by atoms with van der Waals surface area (Å²) in [5.74, 6) is 2.99. The molecule has 6 rings (SSSR count). The Morgan fingerprint density at radius 2 is 1.90 bits per heavy atom. The Balaban J connectivity index is 1.67. The lowest BCUT2D eigenvalue weighted by atomic mass is 10.00. The van der Waals surface area contributed by atoms with E-state index in [2.05, 4.69) is 26.6 Å². The van der Waals surface area contributed by atoms with Crippen molar-refractivity contribution in [1.82, 2.24) is 9.55 Å². The molecule has 0 spiro atoms. The van der Waals surface area contributed by atoms with E-state index in [1.54, 1.807) is 18.2 Å². The Bertz CT molecular complexity index is 2010. The number of fused-ring (bicyclic) bond motifs is 4. The number of hydrogen-bond donors (Lipinski definition) is 1. The van der Waals surface area contributed by atoms with E-state index < -0.39 is 10.5 Å². The van der Waals surface area contributed by atoms with Gasteiger partial charge < -0.3 is 18.5 Å². The summed E-state index contributed by atoms with van der Waals surface area (Å²) in [6, 6.07) is 15.7. The van der Waals surface area contributed by atoms with Crippen LogP contribution < -0.4 is 14.3 Å². The number of terminal acetylenes is 1. The second-order valence-electron chi connectivity index (χ2n) is 10.5. The van der Waals surface area contributed by atoms with Gasteiger partial charge in [-0.3, -0.25) is 4.79 Å². The first-order valence-corrected chi connectivity index (χ1v) is 15.1. The van der Waals surface area contributed by atoms with Gasteiger partial charge in [0.2, 0.25) is 0 Å². The fourth-order valence-electron chi connectivity index (χ4n) is 5.93. The molecule has 0 radical (unpaired) electrons. The second-order valence-corrected chi connectivity index (χ2v) is 11.4. The smallest absolute Gasteiger partial charge is 0.488 e. The molecule has 0 aliphatic heterocycles. The van der Waals surface area contributed by atoms with Gasteiger partial charge in [-0.1, -0.05) is 54.2 Å². The molecule has 2 aromatic heterocycles. The van der Waals surface area contributed by atoms with E-state index in [-0.39, 0.29) is 17.2 Å². The maximum absolute atomic E-state index is 14.2. The summed E-state index contributed by atoms with van der Waals surface area (Å²) in [7, 11) is -5.20. The lowest BCUT2D eigenvalue weighted by Gasteiger charge is -2.21. The fraction of sp³-hybridized carbons (Fsp3) is 0.281. The number of nitrogens with zero attached hydrogens (tertiary/aromatic N) is 1. The summed E-state index contributed by atoms with van der Waals surface area (Å²) < 4.78 is 48.6. The minimum Gasteiger partial charge on any atom is -0.493 e. The molecule has 1 aliphatic carbocycles. The van der Waals surface area contributed by atoms with Gasteiger partial charge in [0.25, 0.3) is 0 Å². The van der Waals surface area contributed by atoms with Crippen molar-refractivity contribution >= 4 is 43.3 Å². The number of aromatic nitrogens is 2. The van der Waals surface area contributed by atoms with Gasteiger partial charge in [-0.05, 0) is 61.2 Å². The molecule has 5 aromatic rings. The second kappa shape index (κ2) is 10.6. The molecule has 0 amide bonds. The molecule has 0 unspecified atom stereocenters. The van der Waals surface area contributed by atoms with Crippen LogP contribution in [0.5, 0.6) is 11.5 Å². The Morgan fingerprint density at radius 1 is 1.10 bits per heavy atom. The normalized spacial score (nSPS) is 14.2. The molecule has 0 atom stereocenters. The first-order valence-electron chi connectivity index (χ1n) is 13.8. The predicted molar refractivity (Wildman–Crippen MR) is 160 cm³/mol. The van der Waals surface area contributed by atoms with Gasteiger partial charge in [0.1, 0.15) is 17.1 Å². The van der Waals surface area contributed by atoms with E-state index in [9.17, 15) is 17.1 Å². The zero-order chi connectivity index (χ0) is 28.7. The van der Waals surface area contributed by atoms with E-state index >= 15 is 0 Å². The van der Waals surface area contributed by atoms with Crippen LogP contribution in [0.1, 0.15) is 57.1 Å². The molecule has 41 heavy (non-hydrogen) atoms. The number of hydrogen-bond acceptors (Lipinski definition) is 5. The quantitative estimate of drug-likeness (QED) is 0.121. The zero-order valence-electron chi connectivity index (χ0n) is 22.6. The van der Waals surface area contributed by atoms with Gasteiger partial charge in [0.15, 0.2) is 5.43 Å². The number of H-pyrrole nitrogens is 1. The van der Waals surface area contributed by atoms with Crippen LogP contribution in [0.3, 0.4) is 0 Å². The van der Waals surface area contributed by atoms with Gasteiger partial charge in [0, 0.05) is 28.1 Å². The van der Waals surface area contributed by atoms with Crippen molar-refractivity contribution in [2.75, 3.05) is 6.61 Å². The summed E-state index contributed by atoms with van der Waals surface area (Å²) in [6.07, 6.45) is 11.5. The van der Waals surface area contributed by atoms with Crippen LogP contribution >= 0.6 is 0 Å². The van der Waals surface area contributed by atoms with Gasteiger partial charge >= 0.3 is 10.5 Å². The first-order chi connectivity index (χ1) is 19.8. The van der Waals surface area contributed by atoms with Crippen LogP contribution in [0.4, 0.5) is 3.89 Å². The number of rotatable bonds is 8. The first kappa shape index (κ1) is 26.9. The molecule has 9 heteroatoms. The Hall–Kier alpha value is -4.29. The standard InChI is InChI=1S/C32H29FN2O5S/c1-3-5-15-39-29-19-26-28(18-25(29)21-9-8-12-23(17-21)40-41(33,37)38)35(22-10-6-7-11-22)32-30(31(26)36)24-14-13-20(4-2)16-27(24)34-32/h2,8-9,12-14,16-19,22,34H,3,5-7,10-11,15H2,1H3. The molecule has 1 aliphatic rings. The van der Waals surface area contributed by atoms with Crippen LogP contribution in [0.15, 0.2) is 59.4 Å². The number of ether oxygens (including phenoxy) is 1. The molecule has 0 bridgehead atoms. The summed E-state index contributed by atoms with van der Waals surface area (Å²) in [5.41, 5.74) is 4.10. The fourth-order valence-corrected chi connectivity index (χ4v) is 6.27. The van der Waals surface area contributed by atoms with E-state index in [0.29, 0.717) is 34.3 Å². The van der Waals surface area contributed by atoms with Gasteiger partial charge in [0.05, 0.1) is 22.9 Å². The Kier molecular flexibility index (Phi) is 6.96. The lowest BCUT2D eigenvalue weighted by molar-refractivity contribution is 0.311. The third-order valence-electron chi connectivity index (χ3n) is 7.80. The molecule has 1 fully saturated rings. The maximum atomic E-state index is 14.2. The minimum absolute atomic E-state index is 0.114. The summed E-state index contributed by atoms with van der Waals surface area (Å²) in [5, 5.41) is 1.95. The molecule has 2 heterocycles. The molecule has 7 nitrogen and oxygen atoms in total. The van der Waals surface area contributed by atoms with Gasteiger partial charge in [-0.25, -0.2) is 0 Å². The van der Waals surface area contributed by atoms with Gasteiger partial charge in [-0.15, -0.1) is 6.42 Å². The topological polar surface area (TPSA) is 90.4 Å². The van der Waals surface area contributed by atoms with Crippen molar-refractivity contribution in [1.29, 1.82) is 0 Å². The number of pyridine rings is 1. The highest BCUT2D eigenvalue weighted by molar-refractivity contribution is 7.81. The van der Waals surface area contributed by atoms with E-state index in [1.807, 2.05) is 24.3 Å². The highest BCUT2D eigenvalue weighted by Gasteiger charge is 2.25. The van der Waals surface area contributed by atoms with Gasteiger partial charge in [-0.2, -0.15) is 8.42 Å². The summed E-state index contributed by atoms with van der Waals surface area (Å²) in [6.45, 7) is 2.49.